The number of sulfone groups is 2. The van der Waals surface area contributed by atoms with Crippen LogP contribution >= 0.6 is 0 Å². The van der Waals surface area contributed by atoms with Gasteiger partial charge in [0.1, 0.15) is 0 Å². The highest BCUT2D eigenvalue weighted by Crippen LogP contribution is 2.28. The maximum Gasteiger partial charge on any atom is 0.183 e. The molecule has 1 aliphatic rings. The van der Waals surface area contributed by atoms with Gasteiger partial charge in [-0.15, -0.1) is 0 Å². The van der Waals surface area contributed by atoms with Gasteiger partial charge in [0.2, 0.25) is 0 Å². The van der Waals surface area contributed by atoms with Gasteiger partial charge in [0.25, 0.3) is 0 Å². The van der Waals surface area contributed by atoms with Crippen molar-refractivity contribution in [3.63, 3.8) is 0 Å². The van der Waals surface area contributed by atoms with Gasteiger partial charge in [-0.3, -0.25) is 0 Å². The first-order chi connectivity index (χ1) is 11.3. The number of rotatable bonds is 5. The first kappa shape index (κ1) is 20.4. The van der Waals surface area contributed by atoms with Crippen LogP contribution in [-0.4, -0.2) is 46.2 Å². The Kier molecular flexibility index (Phi) is 5.71. The third-order valence-corrected chi connectivity index (χ3v) is 8.70. The van der Waals surface area contributed by atoms with Crippen LogP contribution in [0.4, 0.5) is 0 Å². The summed E-state index contributed by atoms with van der Waals surface area (Å²) >= 11 is 0. The summed E-state index contributed by atoms with van der Waals surface area (Å²) in [6.07, 6.45) is 0. The predicted molar refractivity (Wildman–Crippen MR) is 101 cm³/mol. The summed E-state index contributed by atoms with van der Waals surface area (Å²) in [5.41, 5.74) is 0.973. The minimum atomic E-state index is -3.71. The molecule has 1 aliphatic heterocycles. The molecule has 1 saturated heterocycles. The van der Waals surface area contributed by atoms with E-state index in [0.717, 1.165) is 5.56 Å². The summed E-state index contributed by atoms with van der Waals surface area (Å²) in [7, 11) is -7.07. The Hall–Kier alpha value is -0.920. The first-order valence-electron chi connectivity index (χ1n) is 8.61. The van der Waals surface area contributed by atoms with E-state index < -0.39 is 31.0 Å². The van der Waals surface area contributed by atoms with Gasteiger partial charge in [-0.25, -0.2) is 16.8 Å². The molecule has 0 saturated carbocycles. The maximum absolute atomic E-state index is 13.0. The van der Waals surface area contributed by atoms with Crippen LogP contribution in [-0.2, 0) is 25.1 Å². The predicted octanol–water partition coefficient (Wildman–Crippen LogP) is 2.17. The van der Waals surface area contributed by atoms with Gasteiger partial charge >= 0.3 is 0 Å². The van der Waals surface area contributed by atoms with Crippen molar-refractivity contribution in [2.75, 3.05) is 18.1 Å². The Morgan fingerprint density at radius 1 is 1.12 bits per heavy atom. The molecule has 2 rings (SSSR count). The molecule has 0 spiro atoms. The second kappa shape index (κ2) is 7.00. The van der Waals surface area contributed by atoms with Gasteiger partial charge in [-0.05, 0) is 35.6 Å². The van der Waals surface area contributed by atoms with E-state index in [1.54, 1.807) is 12.1 Å². The molecule has 1 heterocycles. The van der Waals surface area contributed by atoms with E-state index in [-0.39, 0.29) is 21.8 Å². The molecule has 0 aromatic heterocycles. The summed E-state index contributed by atoms with van der Waals surface area (Å²) in [5.74, 6) is -0.117. The van der Waals surface area contributed by atoms with Crippen molar-refractivity contribution < 1.29 is 16.8 Å². The first-order valence-corrected chi connectivity index (χ1v) is 12.0. The Morgan fingerprint density at radius 2 is 1.68 bits per heavy atom. The molecule has 1 fully saturated rings. The highest BCUT2D eigenvalue weighted by molar-refractivity contribution is 7.96. The third-order valence-electron chi connectivity index (χ3n) is 4.54. The van der Waals surface area contributed by atoms with Gasteiger partial charge < -0.3 is 5.32 Å². The molecule has 142 valence electrons. The summed E-state index contributed by atoms with van der Waals surface area (Å²) in [6, 6.07) is 6.26. The van der Waals surface area contributed by atoms with Gasteiger partial charge in [-0.1, -0.05) is 46.8 Å². The SMILES string of the molecule is CC(C)CN[C@H]1CS(=O)(=O)C[C@@H]1S(=O)(=O)c1ccc(C(C)(C)C)cc1. The van der Waals surface area contributed by atoms with Crippen molar-refractivity contribution >= 4 is 19.7 Å². The fraction of sp³-hybridized carbons (Fsp3) is 0.667. The summed E-state index contributed by atoms with van der Waals surface area (Å²) in [6.45, 7) is 10.8. The lowest BCUT2D eigenvalue weighted by Gasteiger charge is -2.22. The van der Waals surface area contributed by atoms with Crippen molar-refractivity contribution in [3.8, 4) is 0 Å². The maximum atomic E-state index is 13.0. The molecule has 5 nitrogen and oxygen atoms in total. The third kappa shape index (κ3) is 4.83. The second-order valence-corrected chi connectivity index (χ2v) is 12.7. The van der Waals surface area contributed by atoms with Gasteiger partial charge in [0, 0.05) is 6.04 Å². The van der Waals surface area contributed by atoms with Crippen LogP contribution in [0.2, 0.25) is 0 Å². The average molecular weight is 388 g/mol. The summed E-state index contributed by atoms with van der Waals surface area (Å²) < 4.78 is 50.2. The van der Waals surface area contributed by atoms with Crippen LogP contribution in [0.25, 0.3) is 0 Å². The quantitative estimate of drug-likeness (QED) is 0.837. The number of hydrogen-bond acceptors (Lipinski definition) is 5. The number of benzene rings is 1. The summed E-state index contributed by atoms with van der Waals surface area (Å²) in [5, 5.41) is 2.21. The van der Waals surface area contributed by atoms with Crippen molar-refractivity contribution in [3.05, 3.63) is 29.8 Å². The van der Waals surface area contributed by atoms with Crippen LogP contribution in [0.1, 0.15) is 40.2 Å². The molecular weight excluding hydrogens is 358 g/mol. The highest BCUT2D eigenvalue weighted by Gasteiger charge is 2.45. The van der Waals surface area contributed by atoms with E-state index in [0.29, 0.717) is 12.5 Å². The molecule has 0 unspecified atom stereocenters. The summed E-state index contributed by atoms with van der Waals surface area (Å²) in [4.78, 5) is 0.193. The fourth-order valence-electron chi connectivity index (χ4n) is 3.02. The Labute approximate surface area is 152 Å². The minimum Gasteiger partial charge on any atom is -0.311 e. The Balaban J connectivity index is 2.32. The Bertz CT molecular complexity index is 804. The van der Waals surface area contributed by atoms with E-state index >= 15 is 0 Å². The lowest BCUT2D eigenvalue weighted by Crippen LogP contribution is -2.44. The zero-order valence-corrected chi connectivity index (χ0v) is 17.2. The molecule has 0 bridgehead atoms. The van der Waals surface area contributed by atoms with Gasteiger partial charge in [-0.2, -0.15) is 0 Å². The molecule has 25 heavy (non-hydrogen) atoms. The molecule has 2 atom stereocenters. The minimum absolute atomic E-state index is 0.0691. The zero-order chi connectivity index (χ0) is 19.0. The van der Waals surface area contributed by atoms with Gasteiger partial charge in [0.15, 0.2) is 19.7 Å². The molecular formula is C18H29NO4S2. The largest absolute Gasteiger partial charge is 0.311 e. The normalized spacial score (nSPS) is 23.9. The molecule has 0 radical (unpaired) electrons. The van der Waals surface area contributed by atoms with Crippen LogP contribution in [0.5, 0.6) is 0 Å². The van der Waals surface area contributed by atoms with Crippen molar-refractivity contribution in [1.82, 2.24) is 5.32 Å². The number of nitrogens with one attached hydrogen (secondary N) is 1. The van der Waals surface area contributed by atoms with Crippen LogP contribution in [0.3, 0.4) is 0 Å². The second-order valence-electron chi connectivity index (χ2n) is 8.34. The smallest absolute Gasteiger partial charge is 0.183 e. The molecule has 0 amide bonds. The van der Waals surface area contributed by atoms with Crippen molar-refractivity contribution in [2.45, 2.75) is 56.2 Å². The van der Waals surface area contributed by atoms with E-state index in [1.807, 2.05) is 26.0 Å². The topological polar surface area (TPSA) is 80.3 Å². The van der Waals surface area contributed by atoms with Crippen molar-refractivity contribution in [1.29, 1.82) is 0 Å². The van der Waals surface area contributed by atoms with Gasteiger partial charge in [0.05, 0.1) is 21.7 Å². The molecule has 1 aromatic rings. The zero-order valence-electron chi connectivity index (χ0n) is 15.6. The molecule has 7 heteroatoms. The van der Waals surface area contributed by atoms with Crippen LogP contribution in [0, 0.1) is 5.92 Å². The average Bonchev–Trinajstić information content (AvgIpc) is 2.80. The Morgan fingerprint density at radius 3 is 2.16 bits per heavy atom. The number of hydrogen-bond donors (Lipinski definition) is 1. The lowest BCUT2D eigenvalue weighted by atomic mass is 9.87. The molecule has 0 aliphatic carbocycles. The van der Waals surface area contributed by atoms with E-state index in [1.165, 1.54) is 0 Å². The van der Waals surface area contributed by atoms with E-state index in [4.69, 9.17) is 0 Å². The highest BCUT2D eigenvalue weighted by atomic mass is 32.2. The van der Waals surface area contributed by atoms with Crippen LogP contribution < -0.4 is 5.32 Å². The lowest BCUT2D eigenvalue weighted by molar-refractivity contribution is 0.480. The van der Waals surface area contributed by atoms with Crippen molar-refractivity contribution in [2.24, 2.45) is 5.92 Å². The molecule has 1 N–H and O–H groups in total. The standard InChI is InChI=1S/C18H29NO4S2/c1-13(2)10-19-16-11-24(20,21)12-17(16)25(22,23)15-8-6-14(7-9-15)18(3,4)5/h6-9,13,16-17,19H,10-12H2,1-5H3/t16-,17-/m0/s1. The monoisotopic (exact) mass is 387 g/mol. The fourth-order valence-corrected chi connectivity index (χ4v) is 7.73. The van der Waals surface area contributed by atoms with E-state index in [9.17, 15) is 16.8 Å². The molecule has 1 aromatic carbocycles. The van der Waals surface area contributed by atoms with Crippen LogP contribution in [0.15, 0.2) is 29.2 Å². The van der Waals surface area contributed by atoms with E-state index in [2.05, 4.69) is 26.1 Å².